The van der Waals surface area contributed by atoms with Crippen LogP contribution in [0.5, 0.6) is 0 Å². The Morgan fingerprint density at radius 3 is 2.52 bits per heavy atom. The molecular formula is C19H27N5O2S. The number of hydrogen-bond donors (Lipinski definition) is 3. The summed E-state index contributed by atoms with van der Waals surface area (Å²) >= 11 is 1.62. The number of amides is 1. The fourth-order valence-electron chi connectivity index (χ4n) is 2.16. The smallest absolute Gasteiger partial charge is 0.407 e. The Bertz CT molecular complexity index is 753. The number of guanidine groups is 1. The summed E-state index contributed by atoms with van der Waals surface area (Å²) < 4.78 is 5.18. The van der Waals surface area contributed by atoms with Gasteiger partial charge in [-0.05, 0) is 20.8 Å². The van der Waals surface area contributed by atoms with Crippen LogP contribution >= 0.6 is 11.3 Å². The average molecular weight is 390 g/mol. The molecule has 0 saturated carbocycles. The van der Waals surface area contributed by atoms with Crippen LogP contribution in [-0.4, -0.2) is 42.8 Å². The zero-order chi connectivity index (χ0) is 19.7. The summed E-state index contributed by atoms with van der Waals surface area (Å²) in [5, 5.41) is 12.1. The normalized spacial score (nSPS) is 11.8. The molecule has 0 atom stereocenters. The Morgan fingerprint density at radius 2 is 1.85 bits per heavy atom. The first-order chi connectivity index (χ1) is 12.9. The van der Waals surface area contributed by atoms with Crippen LogP contribution in [0, 0.1) is 0 Å². The van der Waals surface area contributed by atoms with Gasteiger partial charge in [0, 0.05) is 31.1 Å². The minimum atomic E-state index is -0.499. The number of ether oxygens (including phenoxy) is 1. The van der Waals surface area contributed by atoms with Crippen LogP contribution in [0.1, 0.15) is 26.5 Å². The van der Waals surface area contributed by atoms with Crippen molar-refractivity contribution in [3.8, 4) is 10.6 Å². The molecule has 0 spiro atoms. The van der Waals surface area contributed by atoms with Crippen LogP contribution in [0.25, 0.3) is 10.6 Å². The summed E-state index contributed by atoms with van der Waals surface area (Å²) in [6.45, 7) is 7.03. The van der Waals surface area contributed by atoms with Crippen molar-refractivity contribution in [3.63, 3.8) is 0 Å². The Labute approximate surface area is 164 Å². The SMILES string of the molecule is CN=C(NCCNC(=O)OC(C)(C)C)NCc1csc(-c2ccccc2)n1. The standard InChI is InChI=1S/C19H27N5O2S/c1-19(2,3)26-18(25)22-11-10-21-17(20-4)23-12-15-13-27-16(24-15)14-8-6-5-7-9-14/h5-9,13H,10-12H2,1-4H3,(H,22,25)(H2,20,21,23). The molecule has 0 fully saturated rings. The van der Waals surface area contributed by atoms with E-state index < -0.39 is 11.7 Å². The molecule has 3 N–H and O–H groups in total. The topological polar surface area (TPSA) is 87.6 Å². The molecule has 0 bridgehead atoms. The number of carbonyl (C=O) groups is 1. The van der Waals surface area contributed by atoms with Gasteiger partial charge in [-0.15, -0.1) is 11.3 Å². The molecule has 0 radical (unpaired) electrons. The molecule has 1 amide bonds. The Hall–Kier alpha value is -2.61. The second kappa shape index (κ2) is 9.91. The molecule has 0 aliphatic rings. The van der Waals surface area contributed by atoms with Crippen molar-refractivity contribution < 1.29 is 9.53 Å². The quantitative estimate of drug-likeness (QED) is 0.402. The number of aromatic nitrogens is 1. The maximum Gasteiger partial charge on any atom is 0.407 e. The predicted octanol–water partition coefficient (Wildman–Crippen LogP) is 3.00. The Balaban J connectivity index is 1.72. The van der Waals surface area contributed by atoms with Crippen molar-refractivity contribution in [2.45, 2.75) is 32.9 Å². The number of carbonyl (C=O) groups excluding carboxylic acids is 1. The van der Waals surface area contributed by atoms with E-state index in [4.69, 9.17) is 4.74 Å². The van der Waals surface area contributed by atoms with E-state index in [-0.39, 0.29) is 0 Å². The number of hydrogen-bond acceptors (Lipinski definition) is 5. The van der Waals surface area contributed by atoms with Crippen LogP contribution in [0.3, 0.4) is 0 Å². The van der Waals surface area contributed by atoms with Gasteiger partial charge >= 0.3 is 6.09 Å². The van der Waals surface area contributed by atoms with E-state index in [2.05, 4.69) is 25.9 Å². The third-order valence-corrected chi connectivity index (χ3v) is 4.26. The fraction of sp³-hybridized carbons (Fsp3) is 0.421. The highest BCUT2D eigenvalue weighted by atomic mass is 32.1. The van der Waals surface area contributed by atoms with Gasteiger partial charge in [0.05, 0.1) is 12.2 Å². The molecule has 146 valence electrons. The fourth-order valence-corrected chi connectivity index (χ4v) is 2.98. The number of nitrogens with one attached hydrogen (secondary N) is 3. The number of nitrogens with zero attached hydrogens (tertiary/aromatic N) is 2. The van der Waals surface area contributed by atoms with Gasteiger partial charge in [-0.2, -0.15) is 0 Å². The summed E-state index contributed by atoms with van der Waals surface area (Å²) in [7, 11) is 1.70. The average Bonchev–Trinajstić information content (AvgIpc) is 3.09. The van der Waals surface area contributed by atoms with Crippen molar-refractivity contribution in [1.29, 1.82) is 0 Å². The molecule has 27 heavy (non-hydrogen) atoms. The number of aliphatic imine (C=N–C) groups is 1. The zero-order valence-corrected chi connectivity index (χ0v) is 17.0. The highest BCUT2D eigenvalue weighted by Gasteiger charge is 2.15. The lowest BCUT2D eigenvalue weighted by atomic mass is 10.2. The van der Waals surface area contributed by atoms with E-state index in [9.17, 15) is 4.79 Å². The summed E-state index contributed by atoms with van der Waals surface area (Å²) in [6.07, 6.45) is -0.428. The first-order valence-corrected chi connectivity index (χ1v) is 9.66. The lowest BCUT2D eigenvalue weighted by molar-refractivity contribution is 0.0529. The lowest BCUT2D eigenvalue weighted by Gasteiger charge is -2.19. The largest absolute Gasteiger partial charge is 0.444 e. The monoisotopic (exact) mass is 389 g/mol. The minimum Gasteiger partial charge on any atom is -0.444 e. The Morgan fingerprint density at radius 1 is 1.15 bits per heavy atom. The molecule has 0 unspecified atom stereocenters. The van der Waals surface area contributed by atoms with Gasteiger partial charge in [0.2, 0.25) is 0 Å². The van der Waals surface area contributed by atoms with E-state index in [1.807, 2.05) is 56.5 Å². The van der Waals surface area contributed by atoms with Crippen LogP contribution in [0.2, 0.25) is 0 Å². The molecule has 0 aliphatic heterocycles. The summed E-state index contributed by atoms with van der Waals surface area (Å²) in [4.78, 5) is 20.4. The maximum absolute atomic E-state index is 11.6. The van der Waals surface area contributed by atoms with Gasteiger partial charge in [-0.1, -0.05) is 30.3 Å². The van der Waals surface area contributed by atoms with E-state index >= 15 is 0 Å². The summed E-state index contributed by atoms with van der Waals surface area (Å²) in [6, 6.07) is 10.1. The van der Waals surface area contributed by atoms with Crippen molar-refractivity contribution in [3.05, 3.63) is 41.4 Å². The van der Waals surface area contributed by atoms with E-state index in [0.717, 1.165) is 16.3 Å². The van der Waals surface area contributed by atoms with E-state index in [1.165, 1.54) is 0 Å². The van der Waals surface area contributed by atoms with Gasteiger partial charge < -0.3 is 20.7 Å². The van der Waals surface area contributed by atoms with Gasteiger partial charge in [0.1, 0.15) is 10.6 Å². The van der Waals surface area contributed by atoms with Crippen molar-refractivity contribution in [2.24, 2.45) is 4.99 Å². The predicted molar refractivity (Wildman–Crippen MR) is 110 cm³/mol. The number of alkyl carbamates (subject to hydrolysis) is 1. The van der Waals surface area contributed by atoms with Crippen molar-refractivity contribution >= 4 is 23.4 Å². The molecule has 2 rings (SSSR count). The van der Waals surface area contributed by atoms with Gasteiger partial charge in [0.25, 0.3) is 0 Å². The second-order valence-electron chi connectivity index (χ2n) is 6.79. The number of benzene rings is 1. The summed E-state index contributed by atoms with van der Waals surface area (Å²) in [5.41, 5.74) is 1.57. The first-order valence-electron chi connectivity index (χ1n) is 8.78. The highest BCUT2D eigenvalue weighted by Crippen LogP contribution is 2.23. The molecular weight excluding hydrogens is 362 g/mol. The summed E-state index contributed by atoms with van der Waals surface area (Å²) in [5.74, 6) is 0.648. The second-order valence-corrected chi connectivity index (χ2v) is 7.65. The molecule has 8 heteroatoms. The maximum atomic E-state index is 11.6. The molecule has 0 aliphatic carbocycles. The van der Waals surface area contributed by atoms with Crippen LogP contribution in [0.15, 0.2) is 40.7 Å². The van der Waals surface area contributed by atoms with Gasteiger partial charge in [-0.3, -0.25) is 4.99 Å². The molecule has 7 nitrogen and oxygen atoms in total. The highest BCUT2D eigenvalue weighted by molar-refractivity contribution is 7.13. The Kier molecular flexibility index (Phi) is 7.60. The van der Waals surface area contributed by atoms with Crippen molar-refractivity contribution in [1.82, 2.24) is 20.9 Å². The third-order valence-electron chi connectivity index (χ3n) is 3.32. The lowest BCUT2D eigenvalue weighted by Crippen LogP contribution is -2.42. The van der Waals surface area contributed by atoms with Crippen LogP contribution < -0.4 is 16.0 Å². The van der Waals surface area contributed by atoms with E-state index in [0.29, 0.717) is 25.6 Å². The number of rotatable bonds is 6. The molecule has 1 heterocycles. The van der Waals surface area contributed by atoms with Crippen LogP contribution in [0.4, 0.5) is 4.79 Å². The van der Waals surface area contributed by atoms with Gasteiger partial charge in [0.15, 0.2) is 5.96 Å². The van der Waals surface area contributed by atoms with E-state index in [1.54, 1.807) is 18.4 Å². The molecule has 1 aromatic carbocycles. The molecule has 2 aromatic rings. The van der Waals surface area contributed by atoms with Crippen LogP contribution in [-0.2, 0) is 11.3 Å². The van der Waals surface area contributed by atoms with Crippen molar-refractivity contribution in [2.75, 3.05) is 20.1 Å². The number of thiazole rings is 1. The first kappa shape index (κ1) is 20.7. The van der Waals surface area contributed by atoms with Gasteiger partial charge in [-0.25, -0.2) is 9.78 Å². The zero-order valence-electron chi connectivity index (χ0n) is 16.2. The molecule has 1 aromatic heterocycles. The third kappa shape index (κ3) is 7.65. The minimum absolute atomic E-state index is 0.428. The molecule has 0 saturated heterocycles.